The van der Waals surface area contributed by atoms with Crippen molar-refractivity contribution < 1.29 is 27.9 Å². The van der Waals surface area contributed by atoms with Gasteiger partial charge in [-0.15, -0.1) is 0 Å². The van der Waals surface area contributed by atoms with Gasteiger partial charge in [-0.25, -0.2) is 9.78 Å². The summed E-state index contributed by atoms with van der Waals surface area (Å²) in [4.78, 5) is 25.1. The van der Waals surface area contributed by atoms with Crippen LogP contribution in [0.5, 0.6) is 0 Å². The van der Waals surface area contributed by atoms with Gasteiger partial charge in [-0.2, -0.15) is 13.2 Å². The molecule has 102 valence electrons. The van der Waals surface area contributed by atoms with E-state index in [0.29, 0.717) is 0 Å². The van der Waals surface area contributed by atoms with E-state index in [2.05, 4.69) is 4.98 Å². The number of hydrogen-bond acceptors (Lipinski definition) is 3. The summed E-state index contributed by atoms with van der Waals surface area (Å²) < 4.78 is 35.8. The predicted molar refractivity (Wildman–Crippen MR) is 60.2 cm³/mol. The Morgan fingerprint density at radius 1 is 1.37 bits per heavy atom. The van der Waals surface area contributed by atoms with Gasteiger partial charge in [-0.1, -0.05) is 6.07 Å². The Morgan fingerprint density at radius 2 is 2.05 bits per heavy atom. The topological polar surface area (TPSA) is 79.3 Å². The molecule has 0 saturated heterocycles. The monoisotopic (exact) mass is 274 g/mol. The average Bonchev–Trinajstić information content (AvgIpc) is 2.24. The fraction of sp³-hybridized carbons (Fsp3) is 0.182. The maximum absolute atomic E-state index is 11.9. The molecular weight excluding hydrogens is 265 g/mol. The second-order valence-electron chi connectivity index (χ2n) is 3.46. The molecule has 1 rings (SSSR count). The van der Waals surface area contributed by atoms with Gasteiger partial charge in [0.15, 0.2) is 0 Å². The average molecular weight is 274 g/mol. The predicted octanol–water partition coefficient (Wildman–Crippen LogP) is 2.07. The molecular formula is C11H9F3N2O3. The third-order valence-corrected chi connectivity index (χ3v) is 1.80. The first-order chi connectivity index (χ1) is 8.76. The minimum Gasteiger partial charge on any atom is -0.478 e. The third-order valence-electron chi connectivity index (χ3n) is 1.80. The lowest BCUT2D eigenvalue weighted by Crippen LogP contribution is -2.21. The number of carbonyl (C=O) groups is 2. The number of carbonyl (C=O) groups excluding carboxylic acids is 1. The summed E-state index contributed by atoms with van der Waals surface area (Å²) in [6.07, 6.45) is -4.22. The normalized spacial score (nSPS) is 11.5. The Balaban J connectivity index is 2.72. The van der Waals surface area contributed by atoms with Crippen LogP contribution in [-0.2, 0) is 9.59 Å². The van der Waals surface area contributed by atoms with E-state index in [0.717, 1.165) is 12.2 Å². The van der Waals surface area contributed by atoms with Gasteiger partial charge < -0.3 is 10.4 Å². The highest BCUT2D eigenvalue weighted by molar-refractivity contribution is 5.90. The summed E-state index contributed by atoms with van der Waals surface area (Å²) in [5.74, 6) is -2.51. The smallest absolute Gasteiger partial charge is 0.397 e. The summed E-state index contributed by atoms with van der Waals surface area (Å²) in [6, 6.07) is 4.17. The Labute approximate surface area is 105 Å². The number of aromatic nitrogens is 1. The largest absolute Gasteiger partial charge is 0.478 e. The number of nitrogens with one attached hydrogen (secondary N) is 1. The van der Waals surface area contributed by atoms with E-state index in [1.807, 2.05) is 5.32 Å². The maximum Gasteiger partial charge on any atom is 0.397 e. The molecule has 2 N–H and O–H groups in total. The Kier molecular flexibility index (Phi) is 4.62. The summed E-state index contributed by atoms with van der Waals surface area (Å²) in [6.45, 7) is 0. The minimum absolute atomic E-state index is 0.0817. The number of carboxylic acids is 1. The number of anilines is 1. The molecule has 0 aliphatic heterocycles. The van der Waals surface area contributed by atoms with E-state index in [1.54, 1.807) is 0 Å². The van der Waals surface area contributed by atoms with Crippen LogP contribution in [0.4, 0.5) is 19.0 Å². The Bertz CT molecular complexity index is 512. The van der Waals surface area contributed by atoms with Crippen LogP contribution in [0.15, 0.2) is 24.3 Å². The van der Waals surface area contributed by atoms with E-state index in [1.165, 1.54) is 18.2 Å². The van der Waals surface area contributed by atoms with E-state index < -0.39 is 24.5 Å². The maximum atomic E-state index is 11.9. The van der Waals surface area contributed by atoms with Crippen molar-refractivity contribution in [3.8, 4) is 0 Å². The molecule has 0 fully saturated rings. The van der Waals surface area contributed by atoms with Gasteiger partial charge in [0.25, 0.3) is 0 Å². The zero-order valence-corrected chi connectivity index (χ0v) is 9.44. The molecule has 1 amide bonds. The number of carboxylic acid groups (broad SMARTS) is 1. The fourth-order valence-electron chi connectivity index (χ4n) is 1.14. The van der Waals surface area contributed by atoms with Crippen LogP contribution in [0.2, 0.25) is 0 Å². The third kappa shape index (κ3) is 6.20. The molecule has 0 radical (unpaired) electrons. The van der Waals surface area contributed by atoms with E-state index in [9.17, 15) is 22.8 Å². The van der Waals surface area contributed by atoms with Crippen LogP contribution in [0.25, 0.3) is 6.08 Å². The summed E-state index contributed by atoms with van der Waals surface area (Å²) in [5.41, 5.74) is 0.201. The van der Waals surface area contributed by atoms with Crippen molar-refractivity contribution in [2.75, 3.05) is 5.32 Å². The Morgan fingerprint density at radius 3 is 2.63 bits per heavy atom. The van der Waals surface area contributed by atoms with Crippen molar-refractivity contribution in [3.63, 3.8) is 0 Å². The minimum atomic E-state index is -4.59. The number of nitrogens with zero attached hydrogens (tertiary/aromatic N) is 1. The molecule has 0 aromatic carbocycles. The van der Waals surface area contributed by atoms with E-state index in [-0.39, 0.29) is 11.5 Å². The molecule has 1 aromatic heterocycles. The number of halogens is 3. The number of amides is 1. The number of rotatable bonds is 4. The van der Waals surface area contributed by atoms with Crippen molar-refractivity contribution in [1.82, 2.24) is 4.98 Å². The number of alkyl halides is 3. The van der Waals surface area contributed by atoms with Crippen molar-refractivity contribution >= 4 is 23.8 Å². The number of aliphatic carboxylic acids is 1. The van der Waals surface area contributed by atoms with Crippen molar-refractivity contribution in [1.29, 1.82) is 0 Å². The molecule has 19 heavy (non-hydrogen) atoms. The molecule has 0 spiro atoms. The van der Waals surface area contributed by atoms with Crippen LogP contribution in [-0.4, -0.2) is 28.1 Å². The molecule has 0 atom stereocenters. The molecule has 0 aliphatic carbocycles. The SMILES string of the molecule is O=C(O)C=Cc1cccc(NC(=O)CC(F)(F)F)n1. The molecule has 5 nitrogen and oxygen atoms in total. The van der Waals surface area contributed by atoms with Crippen molar-refractivity contribution in [2.24, 2.45) is 0 Å². The standard InChI is InChI=1S/C11H9F3N2O3/c12-11(13,14)6-9(17)16-8-3-1-2-7(15-8)4-5-10(18)19/h1-5H,6H2,(H,18,19)(H,15,16,17). The molecule has 0 unspecified atom stereocenters. The van der Waals surface area contributed by atoms with Gasteiger partial charge in [0.2, 0.25) is 5.91 Å². The lowest BCUT2D eigenvalue weighted by molar-refractivity contribution is -0.150. The first-order valence-electron chi connectivity index (χ1n) is 5.01. The summed E-state index contributed by atoms with van der Waals surface area (Å²) in [5, 5.41) is 10.4. The van der Waals surface area contributed by atoms with Crippen LogP contribution in [0.3, 0.4) is 0 Å². The van der Waals surface area contributed by atoms with Crippen LogP contribution < -0.4 is 5.32 Å². The second-order valence-corrected chi connectivity index (χ2v) is 3.46. The highest BCUT2D eigenvalue weighted by Gasteiger charge is 2.31. The van der Waals surface area contributed by atoms with Gasteiger partial charge in [0.05, 0.1) is 5.69 Å². The van der Waals surface area contributed by atoms with E-state index in [4.69, 9.17) is 5.11 Å². The Hall–Kier alpha value is -2.38. The molecule has 0 saturated carbocycles. The van der Waals surface area contributed by atoms with E-state index >= 15 is 0 Å². The molecule has 8 heteroatoms. The first kappa shape index (κ1) is 14.7. The van der Waals surface area contributed by atoms with Gasteiger partial charge >= 0.3 is 12.1 Å². The van der Waals surface area contributed by atoms with Gasteiger partial charge in [0.1, 0.15) is 12.2 Å². The van der Waals surface area contributed by atoms with Crippen LogP contribution >= 0.6 is 0 Å². The molecule has 1 heterocycles. The van der Waals surface area contributed by atoms with Crippen LogP contribution in [0, 0.1) is 0 Å². The second kappa shape index (κ2) is 5.98. The quantitative estimate of drug-likeness (QED) is 0.824. The zero-order valence-electron chi connectivity index (χ0n) is 9.44. The van der Waals surface area contributed by atoms with Gasteiger partial charge in [-0.05, 0) is 18.2 Å². The fourth-order valence-corrected chi connectivity index (χ4v) is 1.14. The van der Waals surface area contributed by atoms with Crippen molar-refractivity contribution in [3.05, 3.63) is 30.0 Å². The highest BCUT2D eigenvalue weighted by Crippen LogP contribution is 2.20. The summed E-state index contributed by atoms with van der Waals surface area (Å²) in [7, 11) is 0. The van der Waals surface area contributed by atoms with Gasteiger partial charge in [-0.3, -0.25) is 4.79 Å². The first-order valence-corrected chi connectivity index (χ1v) is 5.01. The van der Waals surface area contributed by atoms with Gasteiger partial charge in [0, 0.05) is 6.08 Å². The number of hydrogen-bond donors (Lipinski definition) is 2. The summed E-state index contributed by atoms with van der Waals surface area (Å²) >= 11 is 0. The lowest BCUT2D eigenvalue weighted by Gasteiger charge is -2.07. The van der Waals surface area contributed by atoms with Crippen LogP contribution in [0.1, 0.15) is 12.1 Å². The zero-order chi connectivity index (χ0) is 14.5. The van der Waals surface area contributed by atoms with Crippen molar-refractivity contribution in [2.45, 2.75) is 12.6 Å². The lowest BCUT2D eigenvalue weighted by atomic mass is 10.3. The molecule has 1 aromatic rings. The molecule has 0 aliphatic rings. The highest BCUT2D eigenvalue weighted by atomic mass is 19.4. The molecule has 0 bridgehead atoms. The number of pyridine rings is 1.